The van der Waals surface area contributed by atoms with Crippen molar-refractivity contribution in [2.45, 2.75) is 13.5 Å². The summed E-state index contributed by atoms with van der Waals surface area (Å²) in [5.74, 6) is 0.756. The summed E-state index contributed by atoms with van der Waals surface area (Å²) in [4.78, 5) is 18.2. The van der Waals surface area contributed by atoms with E-state index < -0.39 is 0 Å². The summed E-state index contributed by atoms with van der Waals surface area (Å²) in [5.41, 5.74) is 0.867. The minimum absolute atomic E-state index is 0.0295. The lowest BCUT2D eigenvalue weighted by Gasteiger charge is -2.17. The zero-order valence-corrected chi connectivity index (χ0v) is 13.2. The lowest BCUT2D eigenvalue weighted by Crippen LogP contribution is -2.31. The number of amides is 1. The van der Waals surface area contributed by atoms with Crippen LogP contribution in [0, 0.1) is 0 Å². The number of nitrogens with zero attached hydrogens (tertiary/aromatic N) is 4. The molecule has 0 bridgehead atoms. The number of hydrogen-bond acceptors (Lipinski definition) is 5. The van der Waals surface area contributed by atoms with Gasteiger partial charge in [0.1, 0.15) is 5.75 Å². The molecule has 22 heavy (non-hydrogen) atoms. The van der Waals surface area contributed by atoms with Crippen molar-refractivity contribution in [2.75, 3.05) is 18.6 Å². The highest BCUT2D eigenvalue weighted by atomic mass is 32.1. The van der Waals surface area contributed by atoms with Crippen LogP contribution in [0.1, 0.15) is 6.92 Å². The van der Waals surface area contributed by atoms with E-state index in [-0.39, 0.29) is 5.91 Å². The number of fused-ring (bicyclic) bond motifs is 1. The van der Waals surface area contributed by atoms with Crippen LogP contribution in [0.15, 0.2) is 36.7 Å². The third-order valence-electron chi connectivity index (χ3n) is 3.31. The molecule has 0 aliphatic rings. The Labute approximate surface area is 131 Å². The monoisotopic (exact) mass is 316 g/mol. The van der Waals surface area contributed by atoms with Gasteiger partial charge in [0.15, 0.2) is 5.13 Å². The minimum Gasteiger partial charge on any atom is -0.497 e. The first-order chi connectivity index (χ1) is 10.7. The molecule has 0 saturated carbocycles. The molecule has 0 atom stereocenters. The molecule has 0 spiro atoms. The molecule has 1 amide bonds. The van der Waals surface area contributed by atoms with Crippen molar-refractivity contribution in [3.05, 3.63) is 36.7 Å². The molecule has 2 heterocycles. The van der Waals surface area contributed by atoms with E-state index in [9.17, 15) is 4.79 Å². The summed E-state index contributed by atoms with van der Waals surface area (Å²) >= 11 is 1.48. The number of aromatic nitrogens is 3. The molecule has 0 aliphatic heterocycles. The maximum absolute atomic E-state index is 11.9. The molecule has 2 aromatic heterocycles. The Balaban J connectivity index is 1.85. The number of rotatable bonds is 5. The number of carbonyl (C=O) groups is 1. The largest absolute Gasteiger partial charge is 0.497 e. The van der Waals surface area contributed by atoms with Crippen LogP contribution in [0.25, 0.3) is 10.2 Å². The Hall–Kier alpha value is -2.41. The molecule has 0 N–H and O–H groups in total. The summed E-state index contributed by atoms with van der Waals surface area (Å²) < 4.78 is 8.02. The average molecular weight is 316 g/mol. The summed E-state index contributed by atoms with van der Waals surface area (Å²) in [6.07, 6.45) is 3.60. The summed E-state index contributed by atoms with van der Waals surface area (Å²) in [6.45, 7) is 2.72. The molecule has 3 rings (SSSR count). The lowest BCUT2D eigenvalue weighted by molar-refractivity contribution is -0.116. The van der Waals surface area contributed by atoms with Gasteiger partial charge in [0.05, 0.1) is 23.9 Å². The van der Waals surface area contributed by atoms with E-state index in [1.165, 1.54) is 11.3 Å². The van der Waals surface area contributed by atoms with Gasteiger partial charge in [-0.1, -0.05) is 11.3 Å². The summed E-state index contributed by atoms with van der Waals surface area (Å²) in [7, 11) is 1.63. The van der Waals surface area contributed by atoms with Crippen LogP contribution in [-0.4, -0.2) is 34.3 Å². The molecular weight excluding hydrogens is 300 g/mol. The van der Waals surface area contributed by atoms with Crippen molar-refractivity contribution in [2.24, 2.45) is 0 Å². The van der Waals surface area contributed by atoms with Crippen molar-refractivity contribution in [3.63, 3.8) is 0 Å². The van der Waals surface area contributed by atoms with Gasteiger partial charge >= 0.3 is 0 Å². The second-order valence-electron chi connectivity index (χ2n) is 4.77. The highest BCUT2D eigenvalue weighted by Gasteiger charge is 2.16. The molecule has 0 unspecified atom stereocenters. The number of anilines is 1. The maximum atomic E-state index is 11.9. The van der Waals surface area contributed by atoms with E-state index in [1.54, 1.807) is 29.8 Å². The number of methoxy groups -OCH3 is 1. The first-order valence-corrected chi connectivity index (χ1v) is 7.69. The van der Waals surface area contributed by atoms with E-state index in [4.69, 9.17) is 4.74 Å². The van der Waals surface area contributed by atoms with E-state index in [2.05, 4.69) is 10.1 Å². The normalized spacial score (nSPS) is 10.8. The van der Waals surface area contributed by atoms with E-state index in [0.717, 1.165) is 16.0 Å². The van der Waals surface area contributed by atoms with Gasteiger partial charge in [-0.25, -0.2) is 4.98 Å². The molecule has 1 aromatic carbocycles. The maximum Gasteiger partial charge on any atom is 0.225 e. The molecule has 6 nitrogen and oxygen atoms in total. The van der Waals surface area contributed by atoms with Crippen molar-refractivity contribution >= 4 is 32.6 Å². The van der Waals surface area contributed by atoms with Crippen molar-refractivity contribution in [1.29, 1.82) is 0 Å². The fourth-order valence-electron chi connectivity index (χ4n) is 2.16. The predicted octanol–water partition coefficient (Wildman–Crippen LogP) is 2.55. The topological polar surface area (TPSA) is 60.2 Å². The Morgan fingerprint density at radius 3 is 3.00 bits per heavy atom. The summed E-state index contributed by atoms with van der Waals surface area (Å²) in [6, 6.07) is 7.57. The second-order valence-corrected chi connectivity index (χ2v) is 5.78. The average Bonchev–Trinajstić information content (AvgIpc) is 3.15. The van der Waals surface area contributed by atoms with Crippen LogP contribution in [0.4, 0.5) is 5.13 Å². The Morgan fingerprint density at radius 2 is 2.32 bits per heavy atom. The zero-order chi connectivity index (χ0) is 15.5. The Morgan fingerprint density at radius 1 is 1.45 bits per heavy atom. The van der Waals surface area contributed by atoms with E-state index >= 15 is 0 Å². The lowest BCUT2D eigenvalue weighted by atomic mass is 10.3. The van der Waals surface area contributed by atoms with Gasteiger partial charge in [0.25, 0.3) is 0 Å². The van der Waals surface area contributed by atoms with Gasteiger partial charge in [-0.3, -0.25) is 14.4 Å². The molecule has 0 radical (unpaired) electrons. The fourth-order valence-corrected chi connectivity index (χ4v) is 3.22. The van der Waals surface area contributed by atoms with Gasteiger partial charge in [-0.15, -0.1) is 0 Å². The van der Waals surface area contributed by atoms with Crippen LogP contribution < -0.4 is 9.64 Å². The third-order valence-corrected chi connectivity index (χ3v) is 4.35. The van der Waals surface area contributed by atoms with Gasteiger partial charge in [0, 0.05) is 25.9 Å². The van der Waals surface area contributed by atoms with Crippen molar-refractivity contribution in [1.82, 2.24) is 14.8 Å². The molecule has 3 aromatic rings. The SMILES string of the molecule is COc1ccc2nc(N(CCn3cccn3)C(C)=O)sc2c1. The van der Waals surface area contributed by atoms with Gasteiger partial charge in [-0.2, -0.15) is 5.10 Å². The minimum atomic E-state index is -0.0295. The first kappa shape index (κ1) is 14.5. The Kier molecular flexibility index (Phi) is 4.06. The predicted molar refractivity (Wildman–Crippen MR) is 86.4 cm³/mol. The van der Waals surface area contributed by atoms with E-state index in [1.807, 2.05) is 30.5 Å². The highest BCUT2D eigenvalue weighted by molar-refractivity contribution is 7.22. The first-order valence-electron chi connectivity index (χ1n) is 6.87. The van der Waals surface area contributed by atoms with Crippen LogP contribution >= 0.6 is 11.3 Å². The van der Waals surface area contributed by atoms with Gasteiger partial charge in [-0.05, 0) is 24.3 Å². The number of carbonyl (C=O) groups excluding carboxylic acids is 1. The highest BCUT2D eigenvalue weighted by Crippen LogP contribution is 2.31. The summed E-state index contributed by atoms with van der Waals surface area (Å²) in [5, 5.41) is 4.85. The van der Waals surface area contributed by atoms with E-state index in [0.29, 0.717) is 18.2 Å². The molecule has 0 aliphatic carbocycles. The van der Waals surface area contributed by atoms with Crippen LogP contribution in [0.3, 0.4) is 0 Å². The van der Waals surface area contributed by atoms with Crippen molar-refractivity contribution in [3.8, 4) is 5.75 Å². The number of ether oxygens (including phenoxy) is 1. The van der Waals surface area contributed by atoms with Gasteiger partial charge < -0.3 is 4.74 Å². The molecule has 0 fully saturated rings. The number of hydrogen-bond donors (Lipinski definition) is 0. The fraction of sp³-hybridized carbons (Fsp3) is 0.267. The molecule has 7 heteroatoms. The Bertz CT molecular complexity index is 782. The molecule has 0 saturated heterocycles. The number of thiazole rings is 1. The zero-order valence-electron chi connectivity index (χ0n) is 12.4. The van der Waals surface area contributed by atoms with Crippen molar-refractivity contribution < 1.29 is 9.53 Å². The van der Waals surface area contributed by atoms with Crippen LogP contribution in [0.5, 0.6) is 5.75 Å². The smallest absolute Gasteiger partial charge is 0.225 e. The second kappa shape index (κ2) is 6.15. The quantitative estimate of drug-likeness (QED) is 0.726. The standard InChI is InChI=1S/C15H16N4O2S/c1-11(20)19(9-8-18-7-3-6-16-18)15-17-13-5-4-12(21-2)10-14(13)22-15/h3-7,10H,8-9H2,1-2H3. The molecular formula is C15H16N4O2S. The molecule has 114 valence electrons. The van der Waals surface area contributed by atoms with Gasteiger partial charge in [0.2, 0.25) is 5.91 Å². The number of benzene rings is 1. The third kappa shape index (κ3) is 2.94. The van der Waals surface area contributed by atoms with Crippen LogP contribution in [-0.2, 0) is 11.3 Å². The van der Waals surface area contributed by atoms with Crippen LogP contribution in [0.2, 0.25) is 0 Å².